The van der Waals surface area contributed by atoms with Crippen molar-refractivity contribution in [3.05, 3.63) is 0 Å². The van der Waals surface area contributed by atoms with Gasteiger partial charge in [-0.3, -0.25) is 4.79 Å². The van der Waals surface area contributed by atoms with Crippen molar-refractivity contribution < 1.29 is 9.53 Å². The average Bonchev–Trinajstić information content (AvgIpc) is 1.91. The Kier molecular flexibility index (Phi) is 5.35. The molecule has 0 rings (SSSR count). The first kappa shape index (κ1) is 9.72. The molecule has 1 N–H and O–H groups in total. The van der Waals surface area contributed by atoms with Crippen molar-refractivity contribution in [2.24, 2.45) is 0 Å². The smallest absolute Gasteiger partial charge is 0.324 e. The van der Waals surface area contributed by atoms with E-state index < -0.39 is 0 Å². The lowest BCUT2D eigenvalue weighted by molar-refractivity contribution is -0.145. The minimum atomic E-state index is -0.374. The topological polar surface area (TPSA) is 38.3 Å². The predicted octanol–water partition coefficient (Wildman–Crippen LogP) is 1.07. The maximum Gasteiger partial charge on any atom is 0.324 e. The van der Waals surface area contributed by atoms with Gasteiger partial charge < -0.3 is 4.74 Å². The number of hydrogen-bond donors (Lipinski definition) is 1. The maximum atomic E-state index is 10.8. The maximum absolute atomic E-state index is 10.8. The molecule has 0 aromatic carbocycles. The molecule has 10 heavy (non-hydrogen) atoms. The fourth-order valence-electron chi connectivity index (χ4n) is 0.531. The first-order chi connectivity index (χ1) is 4.76. The van der Waals surface area contributed by atoms with Gasteiger partial charge >= 0.3 is 5.97 Å². The molecule has 3 nitrogen and oxygen atoms in total. The fourth-order valence-corrected chi connectivity index (χ4v) is 0.775. The van der Waals surface area contributed by atoms with Gasteiger partial charge in [0.25, 0.3) is 0 Å². The van der Waals surface area contributed by atoms with Gasteiger partial charge in [-0.15, -0.1) is 0 Å². The number of esters is 1. The van der Waals surface area contributed by atoms with Gasteiger partial charge in [-0.25, -0.2) is 4.84 Å². The van der Waals surface area contributed by atoms with E-state index in [0.717, 1.165) is 0 Å². The van der Waals surface area contributed by atoms with Crippen molar-refractivity contribution in [3.63, 3.8) is 0 Å². The van der Waals surface area contributed by atoms with Gasteiger partial charge in [0.05, 0.1) is 6.61 Å². The standard InChI is InChI=1S/C6H12ClNO2/c1-3-5(8-7)6(9)10-4-2/h5,8H,3-4H2,1-2H3/t5-/m0/s1. The van der Waals surface area contributed by atoms with Gasteiger partial charge in [-0.1, -0.05) is 6.92 Å². The molecule has 0 heterocycles. The Morgan fingerprint density at radius 1 is 1.70 bits per heavy atom. The molecule has 0 amide bonds. The van der Waals surface area contributed by atoms with Crippen LogP contribution in [0.25, 0.3) is 0 Å². The molecule has 0 saturated carbocycles. The zero-order valence-corrected chi connectivity index (χ0v) is 6.94. The highest BCUT2D eigenvalue weighted by Crippen LogP contribution is 1.95. The van der Waals surface area contributed by atoms with Gasteiger partial charge in [0, 0.05) is 0 Å². The van der Waals surface area contributed by atoms with Crippen LogP contribution in [-0.4, -0.2) is 18.6 Å². The van der Waals surface area contributed by atoms with Crippen molar-refractivity contribution in [3.8, 4) is 0 Å². The molecule has 0 bridgehead atoms. The summed E-state index contributed by atoms with van der Waals surface area (Å²) in [5.41, 5.74) is 0. The zero-order chi connectivity index (χ0) is 7.98. The minimum absolute atomic E-state index is 0.292. The van der Waals surface area contributed by atoms with Crippen LogP contribution in [0.15, 0.2) is 0 Å². The van der Waals surface area contributed by atoms with Gasteiger partial charge in [0.1, 0.15) is 6.04 Å². The third-order valence-corrected chi connectivity index (χ3v) is 1.37. The third-order valence-electron chi connectivity index (χ3n) is 1.11. The van der Waals surface area contributed by atoms with Gasteiger partial charge in [0.2, 0.25) is 0 Å². The minimum Gasteiger partial charge on any atom is -0.465 e. The molecule has 0 saturated heterocycles. The summed E-state index contributed by atoms with van der Waals surface area (Å²) in [7, 11) is 0. The van der Waals surface area contributed by atoms with Crippen LogP contribution in [0.5, 0.6) is 0 Å². The van der Waals surface area contributed by atoms with E-state index >= 15 is 0 Å². The largest absolute Gasteiger partial charge is 0.465 e. The lowest BCUT2D eigenvalue weighted by Crippen LogP contribution is -2.31. The van der Waals surface area contributed by atoms with E-state index in [-0.39, 0.29) is 12.0 Å². The summed E-state index contributed by atoms with van der Waals surface area (Å²) in [6, 6.07) is -0.374. The van der Waals surface area contributed by atoms with Crippen molar-refractivity contribution in [1.29, 1.82) is 0 Å². The number of carbonyl (C=O) groups is 1. The Balaban J connectivity index is 3.65. The second-order valence-electron chi connectivity index (χ2n) is 1.82. The molecular weight excluding hydrogens is 154 g/mol. The van der Waals surface area contributed by atoms with Crippen molar-refractivity contribution in [2.75, 3.05) is 6.61 Å². The molecule has 0 aromatic heterocycles. The Labute approximate surface area is 65.8 Å². The summed E-state index contributed by atoms with van der Waals surface area (Å²) in [6.07, 6.45) is 0.641. The summed E-state index contributed by atoms with van der Waals surface area (Å²) in [4.78, 5) is 13.2. The highest BCUT2D eigenvalue weighted by molar-refractivity contribution is 6.14. The molecule has 0 spiro atoms. The van der Waals surface area contributed by atoms with E-state index in [1.807, 2.05) is 6.92 Å². The van der Waals surface area contributed by atoms with Crippen molar-refractivity contribution >= 4 is 17.7 Å². The van der Waals surface area contributed by atoms with Gasteiger partial charge in [0.15, 0.2) is 0 Å². The second-order valence-corrected chi connectivity index (χ2v) is 2.04. The number of halogens is 1. The molecule has 0 radical (unpaired) electrons. The Hall–Kier alpha value is -0.280. The molecular formula is C6H12ClNO2. The summed E-state index contributed by atoms with van der Waals surface area (Å²) in [6.45, 7) is 4.02. The highest BCUT2D eigenvalue weighted by atomic mass is 35.5. The SMILES string of the molecule is CCOC(=O)[C@H](CC)NCl. The van der Waals surface area contributed by atoms with Crippen LogP contribution in [0.3, 0.4) is 0 Å². The second kappa shape index (κ2) is 5.50. The lowest BCUT2D eigenvalue weighted by atomic mass is 10.2. The van der Waals surface area contributed by atoms with Crippen LogP contribution < -0.4 is 4.84 Å². The molecule has 60 valence electrons. The number of ether oxygens (including phenoxy) is 1. The molecule has 0 aliphatic heterocycles. The first-order valence-electron chi connectivity index (χ1n) is 3.29. The first-order valence-corrected chi connectivity index (χ1v) is 3.66. The Morgan fingerprint density at radius 3 is 2.60 bits per heavy atom. The van der Waals surface area contributed by atoms with E-state index in [2.05, 4.69) is 4.84 Å². The van der Waals surface area contributed by atoms with Crippen LogP contribution >= 0.6 is 11.8 Å². The molecule has 4 heteroatoms. The quantitative estimate of drug-likeness (QED) is 0.500. The van der Waals surface area contributed by atoms with E-state index in [4.69, 9.17) is 16.5 Å². The number of hydrogen-bond acceptors (Lipinski definition) is 3. The number of rotatable bonds is 4. The van der Waals surface area contributed by atoms with Crippen LogP contribution in [0, 0.1) is 0 Å². The van der Waals surface area contributed by atoms with E-state index in [1.165, 1.54) is 0 Å². The van der Waals surface area contributed by atoms with E-state index in [9.17, 15) is 4.79 Å². The highest BCUT2D eigenvalue weighted by Gasteiger charge is 2.14. The van der Waals surface area contributed by atoms with E-state index in [1.54, 1.807) is 6.92 Å². The fraction of sp³-hybridized carbons (Fsp3) is 0.833. The predicted molar refractivity (Wildman–Crippen MR) is 39.7 cm³/mol. The molecule has 0 unspecified atom stereocenters. The summed E-state index contributed by atoms with van der Waals surface area (Å²) in [5, 5.41) is 0. The Morgan fingerprint density at radius 2 is 2.30 bits per heavy atom. The summed E-state index contributed by atoms with van der Waals surface area (Å²) in [5.74, 6) is -0.292. The van der Waals surface area contributed by atoms with Crippen LogP contribution in [0.4, 0.5) is 0 Å². The van der Waals surface area contributed by atoms with Crippen LogP contribution in [-0.2, 0) is 9.53 Å². The average molecular weight is 166 g/mol. The normalized spacial score (nSPS) is 12.7. The third kappa shape index (κ3) is 3.03. The molecule has 1 atom stereocenters. The van der Waals surface area contributed by atoms with Crippen LogP contribution in [0.1, 0.15) is 20.3 Å². The number of nitrogens with one attached hydrogen (secondary N) is 1. The summed E-state index contributed by atoms with van der Waals surface area (Å²) >= 11 is 5.25. The van der Waals surface area contributed by atoms with Gasteiger partial charge in [-0.05, 0) is 25.1 Å². The van der Waals surface area contributed by atoms with Crippen molar-refractivity contribution in [2.45, 2.75) is 26.3 Å². The van der Waals surface area contributed by atoms with E-state index in [0.29, 0.717) is 13.0 Å². The monoisotopic (exact) mass is 165 g/mol. The van der Waals surface area contributed by atoms with Crippen LogP contribution in [0.2, 0.25) is 0 Å². The molecule has 0 fully saturated rings. The number of carbonyl (C=O) groups excluding carboxylic acids is 1. The molecule has 0 aliphatic rings. The molecule has 0 aromatic rings. The molecule has 0 aliphatic carbocycles. The lowest BCUT2D eigenvalue weighted by Gasteiger charge is -2.09. The van der Waals surface area contributed by atoms with Crippen molar-refractivity contribution in [1.82, 2.24) is 4.84 Å². The Bertz CT molecular complexity index is 104. The van der Waals surface area contributed by atoms with Gasteiger partial charge in [-0.2, -0.15) is 0 Å². The zero-order valence-electron chi connectivity index (χ0n) is 6.19. The summed E-state index contributed by atoms with van der Waals surface area (Å²) < 4.78 is 4.70.